The van der Waals surface area contributed by atoms with Crippen LogP contribution in [0.5, 0.6) is 0 Å². The van der Waals surface area contributed by atoms with Gasteiger partial charge in [0.1, 0.15) is 11.6 Å². The first-order valence-corrected chi connectivity index (χ1v) is 11.7. The molecule has 34 heavy (non-hydrogen) atoms. The number of nitrogens with zero attached hydrogens (tertiary/aromatic N) is 3. The maximum absolute atomic E-state index is 13.0. The number of pyridine rings is 1. The number of hydrogen-bond donors (Lipinski definition) is 2. The molecule has 0 bridgehead atoms. The molecule has 2 heterocycles. The van der Waals surface area contributed by atoms with Crippen molar-refractivity contribution in [1.82, 2.24) is 9.88 Å². The summed E-state index contributed by atoms with van der Waals surface area (Å²) in [5.41, 5.74) is 3.17. The Morgan fingerprint density at radius 3 is 2.18 bits per heavy atom. The fourth-order valence-corrected chi connectivity index (χ4v) is 4.12. The van der Waals surface area contributed by atoms with Crippen molar-refractivity contribution < 1.29 is 14.0 Å². The van der Waals surface area contributed by atoms with E-state index in [2.05, 4.69) is 40.3 Å². The van der Waals surface area contributed by atoms with Crippen molar-refractivity contribution in [3.63, 3.8) is 0 Å². The first-order chi connectivity index (χ1) is 16.4. The molecule has 0 atom stereocenters. The molecule has 1 aliphatic heterocycles. The molecule has 7 nitrogen and oxygen atoms in total. The Bertz CT molecular complexity index is 1170. The smallest absolute Gasteiger partial charge is 0.224 e. The Morgan fingerprint density at radius 1 is 0.912 bits per heavy atom. The Morgan fingerprint density at radius 2 is 1.53 bits per heavy atom. The molecule has 1 aromatic heterocycles. The highest BCUT2D eigenvalue weighted by Gasteiger charge is 2.18. The fourth-order valence-electron chi connectivity index (χ4n) is 4.12. The van der Waals surface area contributed by atoms with Gasteiger partial charge in [-0.1, -0.05) is 6.92 Å². The van der Waals surface area contributed by atoms with Crippen LogP contribution in [0.25, 0.3) is 10.9 Å². The van der Waals surface area contributed by atoms with Gasteiger partial charge in [0.25, 0.3) is 0 Å². The molecule has 178 valence electrons. The van der Waals surface area contributed by atoms with Crippen LogP contribution >= 0.6 is 0 Å². The van der Waals surface area contributed by atoms with Crippen LogP contribution in [0.2, 0.25) is 0 Å². The Kier molecular flexibility index (Phi) is 7.37. The van der Waals surface area contributed by atoms with Gasteiger partial charge < -0.3 is 20.4 Å². The number of hydrogen-bond acceptors (Lipinski definition) is 5. The predicted octanol–water partition coefficient (Wildman–Crippen LogP) is 4.18. The highest BCUT2D eigenvalue weighted by Crippen LogP contribution is 2.26. The zero-order valence-corrected chi connectivity index (χ0v) is 19.6. The molecular formula is C26H30FN5O2. The topological polar surface area (TPSA) is 77.6 Å². The molecule has 0 saturated carbocycles. The standard InChI is InChI=1S/C26H30FN5O2/c1-3-31-12-14-32(15-13-31)24-16-18(2)22-17-21(8-9-23(22)30-24)29-26(34)11-10-25(33)28-20-6-4-19(27)5-7-20/h4-9,16-17H,3,10-15H2,1-2H3,(H,28,33)(H,29,34). The zero-order valence-electron chi connectivity index (χ0n) is 19.6. The average Bonchev–Trinajstić information content (AvgIpc) is 2.84. The SMILES string of the molecule is CCN1CCN(c2cc(C)c3cc(NC(=O)CCC(=O)Nc4ccc(F)cc4)ccc3n2)CC1. The molecule has 1 fully saturated rings. The summed E-state index contributed by atoms with van der Waals surface area (Å²) in [5, 5.41) is 6.51. The normalized spacial score (nSPS) is 14.3. The van der Waals surface area contributed by atoms with E-state index in [0.717, 1.165) is 55.0 Å². The van der Waals surface area contributed by atoms with E-state index in [9.17, 15) is 14.0 Å². The Labute approximate surface area is 199 Å². The molecule has 8 heteroatoms. The molecule has 0 aliphatic carbocycles. The van der Waals surface area contributed by atoms with Crippen molar-refractivity contribution in [3.8, 4) is 0 Å². The third-order valence-electron chi connectivity index (χ3n) is 6.14. The zero-order chi connectivity index (χ0) is 24.1. The first kappa shape index (κ1) is 23.6. The van der Waals surface area contributed by atoms with Crippen molar-refractivity contribution in [3.05, 3.63) is 59.9 Å². The van der Waals surface area contributed by atoms with Crippen LogP contribution in [0.4, 0.5) is 21.6 Å². The summed E-state index contributed by atoms with van der Waals surface area (Å²) in [4.78, 5) is 34.1. The van der Waals surface area contributed by atoms with Crippen LogP contribution in [0, 0.1) is 12.7 Å². The number of likely N-dealkylation sites (N-methyl/N-ethyl adjacent to an activating group) is 1. The maximum Gasteiger partial charge on any atom is 0.224 e. The second-order valence-electron chi connectivity index (χ2n) is 8.55. The summed E-state index contributed by atoms with van der Waals surface area (Å²) < 4.78 is 13.0. The quantitative estimate of drug-likeness (QED) is 0.550. The summed E-state index contributed by atoms with van der Waals surface area (Å²) in [7, 11) is 0. The van der Waals surface area contributed by atoms with Crippen LogP contribution in [-0.2, 0) is 9.59 Å². The van der Waals surface area contributed by atoms with Crippen molar-refractivity contribution in [2.24, 2.45) is 0 Å². The summed E-state index contributed by atoms with van der Waals surface area (Å²) in [5.74, 6) is 0.0752. The van der Waals surface area contributed by atoms with Gasteiger partial charge in [-0.2, -0.15) is 0 Å². The molecule has 1 saturated heterocycles. The summed E-state index contributed by atoms with van der Waals surface area (Å²) in [6, 6.07) is 13.3. The van der Waals surface area contributed by atoms with E-state index in [1.165, 1.54) is 24.3 Å². The van der Waals surface area contributed by atoms with E-state index < -0.39 is 0 Å². The minimum Gasteiger partial charge on any atom is -0.354 e. The monoisotopic (exact) mass is 463 g/mol. The van der Waals surface area contributed by atoms with E-state index in [0.29, 0.717) is 11.4 Å². The third kappa shape index (κ3) is 5.88. The van der Waals surface area contributed by atoms with Gasteiger partial charge in [0, 0.05) is 55.8 Å². The van der Waals surface area contributed by atoms with Gasteiger partial charge >= 0.3 is 0 Å². The number of aromatic nitrogens is 1. The van der Waals surface area contributed by atoms with Crippen molar-refractivity contribution >= 4 is 39.9 Å². The molecule has 2 aromatic carbocycles. The lowest BCUT2D eigenvalue weighted by Crippen LogP contribution is -2.46. The van der Waals surface area contributed by atoms with E-state index in [4.69, 9.17) is 4.98 Å². The number of rotatable bonds is 7. The lowest BCUT2D eigenvalue weighted by Gasteiger charge is -2.35. The van der Waals surface area contributed by atoms with Crippen LogP contribution in [0.15, 0.2) is 48.5 Å². The van der Waals surface area contributed by atoms with E-state index in [-0.39, 0.29) is 30.5 Å². The number of piperazine rings is 1. The molecular weight excluding hydrogens is 433 g/mol. The number of benzene rings is 2. The fraction of sp³-hybridized carbons (Fsp3) is 0.346. The van der Waals surface area contributed by atoms with Crippen LogP contribution in [-0.4, -0.2) is 54.4 Å². The number of anilines is 3. The van der Waals surface area contributed by atoms with Crippen molar-refractivity contribution in [1.29, 1.82) is 0 Å². The van der Waals surface area contributed by atoms with Gasteiger partial charge in [-0.3, -0.25) is 9.59 Å². The number of halogens is 1. The Balaban J connectivity index is 1.35. The maximum atomic E-state index is 13.0. The molecule has 1 aliphatic rings. The first-order valence-electron chi connectivity index (χ1n) is 11.7. The van der Waals surface area contributed by atoms with Crippen molar-refractivity contribution in [2.75, 3.05) is 48.3 Å². The van der Waals surface area contributed by atoms with Crippen molar-refractivity contribution in [2.45, 2.75) is 26.7 Å². The molecule has 0 radical (unpaired) electrons. The van der Waals surface area contributed by atoms with Crippen LogP contribution in [0.1, 0.15) is 25.3 Å². The summed E-state index contributed by atoms with van der Waals surface area (Å²) >= 11 is 0. The second-order valence-corrected chi connectivity index (χ2v) is 8.55. The summed E-state index contributed by atoms with van der Waals surface area (Å²) in [6.07, 6.45) is 0.0804. The van der Waals surface area contributed by atoms with E-state index in [1.54, 1.807) is 0 Å². The molecule has 3 aromatic rings. The number of carbonyl (C=O) groups is 2. The molecule has 0 unspecified atom stereocenters. The number of fused-ring (bicyclic) bond motifs is 1. The molecule has 2 amide bonds. The van der Waals surface area contributed by atoms with Gasteiger partial charge in [0.2, 0.25) is 11.8 Å². The van der Waals surface area contributed by atoms with Gasteiger partial charge in [-0.25, -0.2) is 9.37 Å². The molecule has 4 rings (SSSR count). The van der Waals surface area contributed by atoms with Gasteiger partial charge in [0.05, 0.1) is 5.52 Å². The molecule has 2 N–H and O–H groups in total. The minimum absolute atomic E-state index is 0.0338. The third-order valence-corrected chi connectivity index (χ3v) is 6.14. The van der Waals surface area contributed by atoms with E-state index >= 15 is 0 Å². The number of carbonyl (C=O) groups excluding carboxylic acids is 2. The molecule has 0 spiro atoms. The highest BCUT2D eigenvalue weighted by atomic mass is 19.1. The predicted molar refractivity (Wildman–Crippen MR) is 134 cm³/mol. The van der Waals surface area contributed by atoms with Gasteiger partial charge in [-0.15, -0.1) is 0 Å². The summed E-state index contributed by atoms with van der Waals surface area (Å²) in [6.45, 7) is 9.34. The minimum atomic E-state index is -0.371. The van der Waals surface area contributed by atoms with Gasteiger partial charge in [0.15, 0.2) is 0 Å². The van der Waals surface area contributed by atoms with Crippen LogP contribution in [0.3, 0.4) is 0 Å². The number of aryl methyl sites for hydroxylation is 1. The number of nitrogens with one attached hydrogen (secondary N) is 2. The lowest BCUT2D eigenvalue weighted by molar-refractivity contribution is -0.121. The largest absolute Gasteiger partial charge is 0.354 e. The highest BCUT2D eigenvalue weighted by molar-refractivity contribution is 5.98. The van der Waals surface area contributed by atoms with E-state index in [1.807, 2.05) is 18.2 Å². The second kappa shape index (κ2) is 10.6. The average molecular weight is 464 g/mol. The van der Waals surface area contributed by atoms with Gasteiger partial charge in [-0.05, 0) is 67.6 Å². The Hall–Kier alpha value is -3.52. The van der Waals surface area contributed by atoms with Crippen LogP contribution < -0.4 is 15.5 Å². The number of amides is 2. The lowest BCUT2D eigenvalue weighted by atomic mass is 10.1.